The lowest BCUT2D eigenvalue weighted by molar-refractivity contribution is -0.119. The molecule has 8 nitrogen and oxygen atoms in total. The molecule has 168 valence electrons. The molecule has 0 aliphatic carbocycles. The zero-order chi connectivity index (χ0) is 23.4. The highest BCUT2D eigenvalue weighted by Crippen LogP contribution is 2.27. The summed E-state index contributed by atoms with van der Waals surface area (Å²) >= 11 is 8.68. The predicted molar refractivity (Wildman–Crippen MR) is 130 cm³/mol. The topological polar surface area (TPSA) is 102 Å². The van der Waals surface area contributed by atoms with Gasteiger partial charge in [-0.3, -0.25) is 25.0 Å². The Morgan fingerprint density at radius 3 is 2.67 bits per heavy atom. The van der Waals surface area contributed by atoms with Gasteiger partial charge in [0.2, 0.25) is 5.91 Å². The molecule has 0 aliphatic heterocycles. The number of benzene rings is 2. The van der Waals surface area contributed by atoms with Crippen molar-refractivity contribution in [2.75, 3.05) is 5.75 Å². The molecule has 0 saturated heterocycles. The molecular formula is C22H19ClN6O2S2. The molecule has 2 N–H and O–H groups in total. The van der Waals surface area contributed by atoms with Crippen LogP contribution >= 0.6 is 34.7 Å². The largest absolute Gasteiger partial charge is 0.281 e. The first-order valence-corrected chi connectivity index (χ1v) is 12.0. The first-order chi connectivity index (χ1) is 15.9. The second kappa shape index (κ2) is 10.2. The Bertz CT molecular complexity index is 1310. The predicted octanol–water partition coefficient (Wildman–Crippen LogP) is 4.21. The van der Waals surface area contributed by atoms with Crippen molar-refractivity contribution in [2.24, 2.45) is 0 Å². The SMILES string of the molecule is Cc1ccc(-n2cnnc2SCC(=O)NNC(=O)c2sc(-c3ccccc3)nc2C)cc1Cl. The van der Waals surface area contributed by atoms with Crippen molar-refractivity contribution >= 4 is 46.5 Å². The number of carbonyl (C=O) groups excluding carboxylic acids is 2. The van der Waals surface area contributed by atoms with Crippen molar-refractivity contribution in [3.8, 4) is 16.3 Å². The van der Waals surface area contributed by atoms with Crippen molar-refractivity contribution in [2.45, 2.75) is 19.0 Å². The standard InChI is InChI=1S/C22H19ClN6O2S2/c1-13-8-9-16(10-17(13)23)29-12-24-28-22(29)32-11-18(30)26-27-20(31)19-14(2)25-21(33-19)15-6-4-3-5-7-15/h3-10,12H,11H2,1-2H3,(H,26,30)(H,27,31). The first-order valence-electron chi connectivity index (χ1n) is 9.83. The summed E-state index contributed by atoms with van der Waals surface area (Å²) in [6.45, 7) is 3.68. The molecule has 0 fully saturated rings. The van der Waals surface area contributed by atoms with E-state index in [-0.39, 0.29) is 11.7 Å². The van der Waals surface area contributed by atoms with E-state index in [0.29, 0.717) is 20.8 Å². The van der Waals surface area contributed by atoms with Crippen LogP contribution in [-0.4, -0.2) is 37.3 Å². The third-order valence-electron chi connectivity index (χ3n) is 4.62. The number of nitrogens with zero attached hydrogens (tertiary/aromatic N) is 4. The molecule has 2 heterocycles. The number of aromatic nitrogens is 4. The maximum absolute atomic E-state index is 12.5. The Hall–Kier alpha value is -3.21. The molecule has 0 saturated carbocycles. The van der Waals surface area contributed by atoms with Gasteiger partial charge in [0.25, 0.3) is 5.91 Å². The Kier molecular flexibility index (Phi) is 7.07. The molecule has 0 aliphatic rings. The Balaban J connectivity index is 1.34. The highest BCUT2D eigenvalue weighted by molar-refractivity contribution is 7.99. The van der Waals surface area contributed by atoms with E-state index in [0.717, 1.165) is 21.8 Å². The van der Waals surface area contributed by atoms with Crippen LogP contribution in [0.2, 0.25) is 5.02 Å². The van der Waals surface area contributed by atoms with Crippen LogP contribution in [0.5, 0.6) is 0 Å². The Morgan fingerprint density at radius 1 is 1.12 bits per heavy atom. The molecule has 0 bridgehead atoms. The van der Waals surface area contributed by atoms with E-state index in [1.807, 2.05) is 55.5 Å². The van der Waals surface area contributed by atoms with Crippen LogP contribution in [0.3, 0.4) is 0 Å². The molecule has 2 aromatic carbocycles. The van der Waals surface area contributed by atoms with Gasteiger partial charge in [0.05, 0.1) is 17.1 Å². The van der Waals surface area contributed by atoms with Crippen molar-refractivity contribution in [1.82, 2.24) is 30.6 Å². The molecule has 0 radical (unpaired) electrons. The van der Waals surface area contributed by atoms with Gasteiger partial charge in [-0.2, -0.15) is 0 Å². The maximum Gasteiger partial charge on any atom is 0.281 e. The number of thiazole rings is 1. The highest BCUT2D eigenvalue weighted by atomic mass is 35.5. The normalized spacial score (nSPS) is 10.8. The van der Waals surface area contributed by atoms with E-state index in [2.05, 4.69) is 26.0 Å². The second-order valence-corrected chi connectivity index (χ2v) is 9.36. The molecule has 4 aromatic rings. The molecule has 11 heteroatoms. The lowest BCUT2D eigenvalue weighted by atomic mass is 10.2. The van der Waals surface area contributed by atoms with Crippen molar-refractivity contribution in [1.29, 1.82) is 0 Å². The third kappa shape index (κ3) is 5.41. The number of hydrogen-bond acceptors (Lipinski definition) is 7. The van der Waals surface area contributed by atoms with Crippen LogP contribution in [0, 0.1) is 13.8 Å². The van der Waals surface area contributed by atoms with Crippen LogP contribution in [0.1, 0.15) is 20.9 Å². The lowest BCUT2D eigenvalue weighted by Gasteiger charge is -2.09. The average Bonchev–Trinajstić information content (AvgIpc) is 3.45. The zero-order valence-electron chi connectivity index (χ0n) is 17.7. The minimum absolute atomic E-state index is 0.0372. The minimum atomic E-state index is -0.414. The van der Waals surface area contributed by atoms with E-state index in [4.69, 9.17) is 11.6 Å². The van der Waals surface area contributed by atoms with Gasteiger partial charge in [-0.05, 0) is 31.5 Å². The first kappa shape index (κ1) is 23.0. The maximum atomic E-state index is 12.5. The Labute approximate surface area is 203 Å². The number of hydrogen-bond donors (Lipinski definition) is 2. The van der Waals surface area contributed by atoms with Crippen molar-refractivity contribution in [3.05, 3.63) is 76.0 Å². The second-order valence-electron chi connectivity index (χ2n) is 7.01. The summed E-state index contributed by atoms with van der Waals surface area (Å²) in [6, 6.07) is 15.2. The molecule has 2 amide bonds. The lowest BCUT2D eigenvalue weighted by Crippen LogP contribution is -2.42. The fourth-order valence-electron chi connectivity index (χ4n) is 2.89. The summed E-state index contributed by atoms with van der Waals surface area (Å²) in [7, 11) is 0. The van der Waals surface area contributed by atoms with Gasteiger partial charge in [-0.25, -0.2) is 4.98 Å². The zero-order valence-corrected chi connectivity index (χ0v) is 20.1. The van der Waals surface area contributed by atoms with Crippen molar-refractivity contribution in [3.63, 3.8) is 0 Å². The number of hydrazine groups is 1. The van der Waals surface area contributed by atoms with Gasteiger partial charge in [0.1, 0.15) is 16.2 Å². The molecule has 0 unspecified atom stereocenters. The summed E-state index contributed by atoms with van der Waals surface area (Å²) in [4.78, 5) is 29.7. The third-order valence-corrected chi connectivity index (χ3v) is 7.18. The van der Waals surface area contributed by atoms with E-state index >= 15 is 0 Å². The summed E-state index contributed by atoms with van der Waals surface area (Å²) < 4.78 is 1.74. The van der Waals surface area contributed by atoms with Crippen LogP contribution in [0.4, 0.5) is 0 Å². The monoisotopic (exact) mass is 498 g/mol. The summed E-state index contributed by atoms with van der Waals surface area (Å²) in [5.74, 6) is -0.756. The van der Waals surface area contributed by atoms with Gasteiger partial charge in [0.15, 0.2) is 5.16 Å². The number of halogens is 1. The summed E-state index contributed by atoms with van der Waals surface area (Å²) in [6.07, 6.45) is 1.56. The highest BCUT2D eigenvalue weighted by Gasteiger charge is 2.17. The number of thioether (sulfide) groups is 1. The van der Waals surface area contributed by atoms with E-state index in [1.54, 1.807) is 17.8 Å². The van der Waals surface area contributed by atoms with Crippen LogP contribution in [0.25, 0.3) is 16.3 Å². The van der Waals surface area contributed by atoms with E-state index in [9.17, 15) is 9.59 Å². The number of rotatable bonds is 6. The molecule has 0 spiro atoms. The van der Waals surface area contributed by atoms with Gasteiger partial charge in [-0.15, -0.1) is 21.5 Å². The fraction of sp³-hybridized carbons (Fsp3) is 0.136. The number of nitrogens with one attached hydrogen (secondary N) is 2. The van der Waals surface area contributed by atoms with E-state index < -0.39 is 5.91 Å². The molecule has 33 heavy (non-hydrogen) atoms. The summed E-state index contributed by atoms with van der Waals surface area (Å²) in [5, 5.41) is 9.89. The molecule has 4 rings (SSSR count). The average molecular weight is 499 g/mol. The Morgan fingerprint density at radius 2 is 1.91 bits per heavy atom. The van der Waals surface area contributed by atoms with Crippen LogP contribution < -0.4 is 10.9 Å². The molecule has 2 aromatic heterocycles. The molecule has 0 atom stereocenters. The summed E-state index contributed by atoms with van der Waals surface area (Å²) in [5.41, 5.74) is 8.18. The molecular weight excluding hydrogens is 480 g/mol. The quantitative estimate of drug-likeness (QED) is 0.305. The van der Waals surface area contributed by atoms with E-state index in [1.165, 1.54) is 23.1 Å². The number of amides is 2. The van der Waals surface area contributed by atoms with Gasteiger partial charge in [-0.1, -0.05) is 59.8 Å². The van der Waals surface area contributed by atoms with Crippen LogP contribution in [-0.2, 0) is 4.79 Å². The van der Waals surface area contributed by atoms with Crippen molar-refractivity contribution < 1.29 is 9.59 Å². The minimum Gasteiger partial charge on any atom is -0.277 e. The van der Waals surface area contributed by atoms with Gasteiger partial charge < -0.3 is 0 Å². The van der Waals surface area contributed by atoms with Gasteiger partial charge >= 0.3 is 0 Å². The smallest absolute Gasteiger partial charge is 0.277 e. The fourth-order valence-corrected chi connectivity index (χ4v) is 4.76. The van der Waals surface area contributed by atoms with Gasteiger partial charge in [0, 0.05) is 10.6 Å². The number of aryl methyl sites for hydroxylation is 2. The van der Waals surface area contributed by atoms with Crippen LogP contribution in [0.15, 0.2) is 60.0 Å². The number of carbonyl (C=O) groups is 2.